The van der Waals surface area contributed by atoms with Crippen LogP contribution in [-0.4, -0.2) is 61.6 Å². The third-order valence-corrected chi connectivity index (χ3v) is 7.08. The number of benzene rings is 2. The molecule has 4 aliphatic rings. The lowest BCUT2D eigenvalue weighted by molar-refractivity contribution is -0.0288. The van der Waals surface area contributed by atoms with Gasteiger partial charge in [-0.2, -0.15) is 0 Å². The number of carbonyl (C=O) groups is 2. The van der Waals surface area contributed by atoms with Crippen LogP contribution in [-0.2, 0) is 17.7 Å². The highest BCUT2D eigenvalue weighted by atomic mass is 19.1. The average Bonchev–Trinajstić information content (AvgIpc) is 2.88. The minimum Gasteiger partial charge on any atom is -0.449 e. The zero-order valence-corrected chi connectivity index (χ0v) is 19.2. The Morgan fingerprint density at radius 3 is 2.30 bits per heavy atom. The first kappa shape index (κ1) is 23.2. The Morgan fingerprint density at radius 2 is 1.70 bits per heavy atom. The van der Waals surface area contributed by atoms with Crippen LogP contribution in [0.15, 0.2) is 48.5 Å². The number of carbonyl (C=O) groups excluding carboxylic acids is 2. The van der Waals surface area contributed by atoms with E-state index in [1.165, 1.54) is 12.1 Å². The van der Waals surface area contributed by atoms with Crippen LogP contribution in [0.1, 0.15) is 40.7 Å². The molecule has 6 rings (SSSR count). The van der Waals surface area contributed by atoms with E-state index in [1.54, 1.807) is 30.1 Å². The minimum atomic E-state index is -0.201. The maximum Gasteiger partial charge on any atom is 0.410 e. The normalized spacial score (nSPS) is 23.1. The Morgan fingerprint density at radius 1 is 1.00 bits per heavy atom. The van der Waals surface area contributed by atoms with E-state index in [1.807, 2.05) is 18.2 Å². The Hall–Kier alpha value is -2.93. The smallest absolute Gasteiger partial charge is 0.410 e. The molecular formula is C26H32FN3O3. The highest BCUT2D eigenvalue weighted by molar-refractivity contribution is 5.94. The van der Waals surface area contributed by atoms with E-state index < -0.39 is 0 Å². The van der Waals surface area contributed by atoms with E-state index in [0.29, 0.717) is 25.3 Å². The van der Waals surface area contributed by atoms with E-state index in [2.05, 4.69) is 10.2 Å². The topological polar surface area (TPSA) is 61.9 Å². The second kappa shape index (κ2) is 10.3. The van der Waals surface area contributed by atoms with Crippen molar-refractivity contribution in [2.75, 3.05) is 39.8 Å². The molecule has 3 fully saturated rings. The van der Waals surface area contributed by atoms with E-state index in [0.717, 1.165) is 56.4 Å². The molecule has 0 atom stereocenters. The van der Waals surface area contributed by atoms with Crippen molar-refractivity contribution in [3.63, 3.8) is 0 Å². The van der Waals surface area contributed by atoms with Gasteiger partial charge in [-0.3, -0.25) is 4.79 Å². The Bertz CT molecular complexity index is 960. The number of hydrogen-bond donors (Lipinski definition) is 1. The minimum absolute atomic E-state index is 0.0765. The van der Waals surface area contributed by atoms with E-state index in [-0.39, 0.29) is 23.2 Å². The molecule has 7 heteroatoms. The molecule has 1 N–H and O–H groups in total. The lowest BCUT2D eigenvalue weighted by Crippen LogP contribution is -2.50. The maximum atomic E-state index is 12.6. The van der Waals surface area contributed by atoms with Crippen LogP contribution in [0.3, 0.4) is 0 Å². The molecule has 0 aliphatic carbocycles. The number of amides is 2. The van der Waals surface area contributed by atoms with Gasteiger partial charge in [0, 0.05) is 31.1 Å². The Labute approximate surface area is 194 Å². The average molecular weight is 454 g/mol. The van der Waals surface area contributed by atoms with E-state index in [4.69, 9.17) is 4.74 Å². The molecule has 3 saturated heterocycles. The van der Waals surface area contributed by atoms with Gasteiger partial charge in [-0.25, -0.2) is 9.18 Å². The molecule has 2 aromatic carbocycles. The van der Waals surface area contributed by atoms with Crippen molar-refractivity contribution in [2.45, 2.75) is 32.2 Å². The molecule has 0 spiro atoms. The number of halogens is 1. The number of fused-ring (bicyclic) bond motifs is 4. The Kier molecular flexibility index (Phi) is 7.28. The second-order valence-corrected chi connectivity index (χ2v) is 9.18. The first-order chi connectivity index (χ1) is 16.0. The SMILES string of the molecule is CNC(=O)c1ccc2c(c1)CCN(C(=O)OCC13CCN(CC1)CC3)C2.Fc1ccccc1. The number of piperidine rings is 3. The molecule has 33 heavy (non-hydrogen) atoms. The van der Waals surface area contributed by atoms with Gasteiger partial charge in [0.15, 0.2) is 0 Å². The first-order valence-electron chi connectivity index (χ1n) is 11.7. The number of nitrogens with one attached hydrogen (secondary N) is 1. The summed E-state index contributed by atoms with van der Waals surface area (Å²) in [7, 11) is 1.63. The number of ether oxygens (including phenoxy) is 1. The van der Waals surface area contributed by atoms with Crippen molar-refractivity contribution in [3.05, 3.63) is 71.0 Å². The molecule has 2 aromatic rings. The summed E-state index contributed by atoms with van der Waals surface area (Å²) in [5, 5.41) is 2.65. The quantitative estimate of drug-likeness (QED) is 0.767. The van der Waals surface area contributed by atoms with Gasteiger partial charge in [-0.15, -0.1) is 0 Å². The summed E-state index contributed by atoms with van der Waals surface area (Å²) in [6, 6.07) is 13.6. The van der Waals surface area contributed by atoms with Gasteiger partial charge in [-0.05, 0) is 80.7 Å². The molecule has 0 unspecified atom stereocenters. The zero-order chi connectivity index (χ0) is 23.3. The van der Waals surface area contributed by atoms with Crippen molar-refractivity contribution < 1.29 is 18.7 Å². The third kappa shape index (κ3) is 5.71. The van der Waals surface area contributed by atoms with Crippen LogP contribution in [0.5, 0.6) is 0 Å². The number of nitrogens with zero attached hydrogens (tertiary/aromatic N) is 2. The van der Waals surface area contributed by atoms with Gasteiger partial charge in [0.2, 0.25) is 0 Å². The molecular weight excluding hydrogens is 421 g/mol. The fraction of sp³-hybridized carbons (Fsp3) is 0.462. The molecule has 4 heterocycles. The summed E-state index contributed by atoms with van der Waals surface area (Å²) >= 11 is 0. The van der Waals surface area contributed by atoms with Gasteiger partial charge >= 0.3 is 6.09 Å². The van der Waals surface area contributed by atoms with E-state index >= 15 is 0 Å². The van der Waals surface area contributed by atoms with Crippen molar-refractivity contribution in [1.29, 1.82) is 0 Å². The standard InChI is InChI=1S/C20H27N3O3.C6H5F/c1-21-18(24)16-2-3-17-13-23(8-4-15(17)12-16)19(25)26-14-20-5-9-22(10-6-20)11-7-20;7-6-4-2-1-3-5-6/h2-3,12H,4-11,13-14H2,1H3,(H,21,24);1-5H. The first-order valence-corrected chi connectivity index (χ1v) is 11.7. The van der Waals surface area contributed by atoms with Gasteiger partial charge in [0.1, 0.15) is 5.82 Å². The molecule has 2 bridgehead atoms. The van der Waals surface area contributed by atoms with Crippen molar-refractivity contribution >= 4 is 12.0 Å². The molecule has 176 valence electrons. The van der Waals surface area contributed by atoms with Gasteiger partial charge in [0.25, 0.3) is 5.91 Å². The van der Waals surface area contributed by atoms with Crippen LogP contribution >= 0.6 is 0 Å². The molecule has 4 aliphatic heterocycles. The zero-order valence-electron chi connectivity index (χ0n) is 19.2. The van der Waals surface area contributed by atoms with Crippen molar-refractivity contribution in [2.24, 2.45) is 5.41 Å². The lowest BCUT2D eigenvalue weighted by atomic mass is 9.73. The summed E-state index contributed by atoms with van der Waals surface area (Å²) in [4.78, 5) is 28.6. The van der Waals surface area contributed by atoms with Gasteiger partial charge in [0.05, 0.1) is 6.61 Å². The van der Waals surface area contributed by atoms with Crippen LogP contribution in [0, 0.1) is 11.2 Å². The van der Waals surface area contributed by atoms with Gasteiger partial charge in [-0.1, -0.05) is 24.3 Å². The summed E-state index contributed by atoms with van der Waals surface area (Å²) in [5.41, 5.74) is 3.13. The fourth-order valence-corrected chi connectivity index (χ4v) is 4.83. The van der Waals surface area contributed by atoms with Crippen molar-refractivity contribution in [3.8, 4) is 0 Å². The summed E-state index contributed by atoms with van der Waals surface area (Å²) in [6.45, 7) is 5.18. The van der Waals surface area contributed by atoms with Crippen molar-refractivity contribution in [1.82, 2.24) is 15.1 Å². The molecule has 0 saturated carbocycles. The largest absolute Gasteiger partial charge is 0.449 e. The molecule has 0 radical (unpaired) electrons. The summed E-state index contributed by atoms with van der Waals surface area (Å²) in [6.07, 6.45) is 3.99. The highest BCUT2D eigenvalue weighted by Gasteiger charge is 2.40. The summed E-state index contributed by atoms with van der Waals surface area (Å²) < 4.78 is 17.6. The number of hydrogen-bond acceptors (Lipinski definition) is 4. The molecule has 2 amide bonds. The lowest BCUT2D eigenvalue weighted by Gasteiger charge is -2.48. The van der Waals surface area contributed by atoms with Crippen LogP contribution in [0.4, 0.5) is 9.18 Å². The Balaban J connectivity index is 0.000000318. The maximum absolute atomic E-state index is 12.6. The van der Waals surface area contributed by atoms with Crippen LogP contribution < -0.4 is 5.32 Å². The summed E-state index contributed by atoms with van der Waals surface area (Å²) in [5.74, 6) is -0.255. The van der Waals surface area contributed by atoms with E-state index in [9.17, 15) is 14.0 Å². The van der Waals surface area contributed by atoms with Gasteiger partial charge < -0.3 is 19.9 Å². The third-order valence-electron chi connectivity index (χ3n) is 7.08. The molecule has 6 nitrogen and oxygen atoms in total. The predicted molar refractivity (Wildman–Crippen MR) is 124 cm³/mol. The fourth-order valence-electron chi connectivity index (χ4n) is 4.83. The monoisotopic (exact) mass is 453 g/mol. The highest BCUT2D eigenvalue weighted by Crippen LogP contribution is 2.40. The second-order valence-electron chi connectivity index (χ2n) is 9.18. The van der Waals surface area contributed by atoms with Crippen LogP contribution in [0.2, 0.25) is 0 Å². The van der Waals surface area contributed by atoms with Crippen LogP contribution in [0.25, 0.3) is 0 Å². The molecule has 0 aromatic heterocycles. The predicted octanol–water partition coefficient (Wildman–Crippen LogP) is 3.85. The number of rotatable bonds is 3.